The average molecular weight is 306 g/mol. The van der Waals surface area contributed by atoms with Gasteiger partial charge in [-0.2, -0.15) is 0 Å². The van der Waals surface area contributed by atoms with E-state index in [1.165, 1.54) is 0 Å². The molecule has 116 valence electrons. The third-order valence-corrected chi connectivity index (χ3v) is 5.93. The summed E-state index contributed by atoms with van der Waals surface area (Å²) in [5.41, 5.74) is -0.0543. The number of aromatic amines is 2. The smallest absolute Gasteiger partial charge is 0.374 e. The minimum absolute atomic E-state index is 0.275. The Morgan fingerprint density at radius 2 is 1.70 bits per heavy atom. The molecular formula is C11H24N3O5Si+. The summed E-state index contributed by atoms with van der Waals surface area (Å²) in [5, 5.41) is 14.0. The monoisotopic (exact) mass is 306 g/mol. The van der Waals surface area contributed by atoms with Crippen molar-refractivity contribution in [2.45, 2.75) is 39.7 Å². The zero-order valence-electron chi connectivity index (χ0n) is 12.3. The second-order valence-corrected chi connectivity index (χ2v) is 6.89. The highest BCUT2D eigenvalue weighted by Crippen LogP contribution is 2.18. The summed E-state index contributed by atoms with van der Waals surface area (Å²) in [6.45, 7) is 7.28. The predicted octanol–water partition coefficient (Wildman–Crippen LogP) is 0.209. The molecule has 3 N–H and O–H groups in total. The number of hydrogen-bond donors (Lipinski definition) is 3. The lowest BCUT2D eigenvalue weighted by atomic mass is 10.3. The Morgan fingerprint density at radius 3 is 2.10 bits per heavy atom. The summed E-state index contributed by atoms with van der Waals surface area (Å²) in [6.07, 6.45) is 1.05. The molecule has 1 heterocycles. The zero-order chi connectivity index (χ0) is 15.0. The van der Waals surface area contributed by atoms with Gasteiger partial charge in [-0.25, -0.2) is 4.79 Å². The molecule has 0 unspecified atom stereocenters. The molecule has 0 saturated heterocycles. The first-order valence-electron chi connectivity index (χ1n) is 6.91. The second kappa shape index (κ2) is 8.20. The van der Waals surface area contributed by atoms with E-state index in [2.05, 4.69) is 10.3 Å². The topological polar surface area (TPSA) is 100 Å². The fraction of sp³-hybridized carbons (Fsp3) is 0.818. The number of hydrogen-bond acceptors (Lipinski definition) is 5. The van der Waals surface area contributed by atoms with E-state index in [0.717, 1.165) is 0 Å². The van der Waals surface area contributed by atoms with E-state index >= 15 is 0 Å². The maximum Gasteiger partial charge on any atom is 0.500 e. The van der Waals surface area contributed by atoms with Crippen molar-refractivity contribution in [3.63, 3.8) is 0 Å². The van der Waals surface area contributed by atoms with Crippen molar-refractivity contribution >= 4 is 8.80 Å². The van der Waals surface area contributed by atoms with Crippen LogP contribution in [-0.2, 0) is 19.7 Å². The molecule has 0 aliphatic rings. The standard InChI is InChI=1S/C11H23N3O5Si/c1-4-17-20(18-5-2,19-6-3)9-7-8-10-11(15)12-13-14(10)16/h15-16H,4-9H2,1-3H3/p+1. The van der Waals surface area contributed by atoms with E-state index in [1.54, 1.807) is 0 Å². The number of nitrogens with zero attached hydrogens (tertiary/aromatic N) is 1. The Kier molecular flexibility index (Phi) is 6.92. The molecule has 8 nitrogen and oxygen atoms in total. The Hall–Kier alpha value is -1.16. The van der Waals surface area contributed by atoms with E-state index in [0.29, 0.717) is 43.6 Å². The molecular weight excluding hydrogens is 282 g/mol. The molecule has 1 aromatic heterocycles. The first-order valence-corrected chi connectivity index (χ1v) is 8.84. The van der Waals surface area contributed by atoms with Gasteiger partial charge in [0.05, 0.1) is 0 Å². The van der Waals surface area contributed by atoms with Crippen LogP contribution < -0.4 is 10.4 Å². The molecule has 1 rings (SSSR count). The number of rotatable bonds is 10. The minimum atomic E-state index is -2.68. The summed E-state index contributed by atoms with van der Waals surface area (Å²) in [4.78, 5) is 12.1. The fourth-order valence-corrected chi connectivity index (χ4v) is 4.64. The first kappa shape index (κ1) is 16.9. The minimum Gasteiger partial charge on any atom is -0.374 e. The maximum atomic E-state index is 11.4. The molecule has 0 aliphatic heterocycles. The van der Waals surface area contributed by atoms with E-state index in [4.69, 9.17) is 13.3 Å². The second-order valence-electron chi connectivity index (χ2n) is 4.16. The van der Waals surface area contributed by atoms with E-state index in [9.17, 15) is 10.0 Å². The van der Waals surface area contributed by atoms with Gasteiger partial charge in [-0.1, -0.05) is 5.21 Å². The summed E-state index contributed by atoms with van der Waals surface area (Å²) < 4.78 is 17.2. The van der Waals surface area contributed by atoms with E-state index in [1.807, 2.05) is 20.8 Å². The Balaban J connectivity index is 2.63. The Morgan fingerprint density at radius 1 is 1.15 bits per heavy atom. The summed E-state index contributed by atoms with van der Waals surface area (Å²) in [6, 6.07) is 0.604. The predicted molar refractivity (Wildman–Crippen MR) is 72.6 cm³/mol. The van der Waals surface area contributed by atoms with Gasteiger partial charge in [-0.05, 0) is 27.2 Å². The van der Waals surface area contributed by atoms with Gasteiger partial charge in [-0.3, -0.25) is 0 Å². The molecule has 20 heavy (non-hydrogen) atoms. The third-order valence-electron chi connectivity index (χ3n) is 2.78. The van der Waals surface area contributed by atoms with E-state index in [-0.39, 0.29) is 11.3 Å². The Labute approximate surface area is 119 Å². The molecule has 9 heteroatoms. The zero-order valence-corrected chi connectivity index (χ0v) is 13.3. The van der Waals surface area contributed by atoms with Gasteiger partial charge in [0.1, 0.15) is 0 Å². The number of nitrogens with one attached hydrogen (secondary N) is 2. The molecule has 0 aromatic carbocycles. The van der Waals surface area contributed by atoms with Crippen molar-refractivity contribution in [3.05, 3.63) is 16.0 Å². The van der Waals surface area contributed by atoms with Crippen LogP contribution in [0.25, 0.3) is 0 Å². The van der Waals surface area contributed by atoms with Crippen LogP contribution in [-0.4, -0.2) is 44.1 Å². The Bertz CT molecular complexity index is 430. The SMILES string of the molecule is CCO[Si](CCCc1c(=O)[nH][nH][n+]1O)(OCC)OCC. The molecule has 0 fully saturated rings. The molecule has 0 spiro atoms. The van der Waals surface area contributed by atoms with Crippen molar-refractivity contribution in [1.82, 2.24) is 10.3 Å². The van der Waals surface area contributed by atoms with Crippen molar-refractivity contribution < 1.29 is 23.3 Å². The van der Waals surface area contributed by atoms with Crippen LogP contribution in [0, 0.1) is 0 Å². The van der Waals surface area contributed by atoms with Crippen LogP contribution in [0.15, 0.2) is 4.79 Å². The van der Waals surface area contributed by atoms with Crippen molar-refractivity contribution in [2.24, 2.45) is 0 Å². The number of aromatic nitrogens is 3. The lowest BCUT2D eigenvalue weighted by Crippen LogP contribution is -2.46. The molecule has 0 bridgehead atoms. The summed E-state index contributed by atoms with van der Waals surface area (Å²) >= 11 is 0. The molecule has 1 aromatic rings. The van der Waals surface area contributed by atoms with E-state index < -0.39 is 8.80 Å². The fourth-order valence-electron chi connectivity index (χ4n) is 2.03. The molecule has 0 radical (unpaired) electrons. The van der Waals surface area contributed by atoms with Crippen LogP contribution in [0.1, 0.15) is 32.9 Å². The molecule has 0 amide bonds. The first-order chi connectivity index (χ1) is 9.58. The summed E-state index contributed by atoms with van der Waals surface area (Å²) in [5.74, 6) is 0. The van der Waals surface area contributed by atoms with Crippen molar-refractivity contribution in [2.75, 3.05) is 19.8 Å². The van der Waals surface area contributed by atoms with Crippen LogP contribution in [0.4, 0.5) is 0 Å². The average Bonchev–Trinajstić information content (AvgIpc) is 2.71. The molecule has 0 saturated carbocycles. The molecule has 0 atom stereocenters. The number of H-pyrrole nitrogens is 2. The van der Waals surface area contributed by atoms with Crippen LogP contribution >= 0.6 is 0 Å². The van der Waals surface area contributed by atoms with Gasteiger partial charge in [0.25, 0.3) is 5.69 Å². The van der Waals surface area contributed by atoms with Crippen LogP contribution in [0.3, 0.4) is 0 Å². The third kappa shape index (κ3) is 4.44. The highest BCUT2D eigenvalue weighted by Gasteiger charge is 2.40. The maximum absolute atomic E-state index is 11.4. The van der Waals surface area contributed by atoms with Crippen LogP contribution in [0.2, 0.25) is 6.04 Å². The van der Waals surface area contributed by atoms with Gasteiger partial charge in [-0.15, -0.1) is 5.10 Å². The molecule has 0 aliphatic carbocycles. The summed E-state index contributed by atoms with van der Waals surface area (Å²) in [7, 11) is -2.68. The van der Waals surface area contributed by atoms with Gasteiger partial charge < -0.3 is 18.5 Å². The highest BCUT2D eigenvalue weighted by molar-refractivity contribution is 6.60. The largest absolute Gasteiger partial charge is 0.500 e. The lowest BCUT2D eigenvalue weighted by Gasteiger charge is -2.28. The van der Waals surface area contributed by atoms with Crippen LogP contribution in [0.5, 0.6) is 0 Å². The van der Waals surface area contributed by atoms with Gasteiger partial charge >= 0.3 is 14.4 Å². The van der Waals surface area contributed by atoms with Gasteiger partial charge in [0.2, 0.25) is 0 Å². The van der Waals surface area contributed by atoms with Crippen molar-refractivity contribution in [1.29, 1.82) is 0 Å². The quantitative estimate of drug-likeness (QED) is 0.326. The lowest BCUT2D eigenvalue weighted by molar-refractivity contribution is -0.953. The van der Waals surface area contributed by atoms with Crippen molar-refractivity contribution in [3.8, 4) is 0 Å². The van der Waals surface area contributed by atoms with Gasteiger partial charge in [0.15, 0.2) is 0 Å². The van der Waals surface area contributed by atoms with Gasteiger partial charge in [0, 0.05) is 37.1 Å². The highest BCUT2D eigenvalue weighted by atomic mass is 28.4. The normalized spacial score (nSPS) is 11.9.